The van der Waals surface area contributed by atoms with Gasteiger partial charge in [-0.2, -0.15) is 9.50 Å². The van der Waals surface area contributed by atoms with E-state index in [2.05, 4.69) is 29.1 Å². The zero-order valence-corrected chi connectivity index (χ0v) is 15.3. The van der Waals surface area contributed by atoms with Gasteiger partial charge in [0.05, 0.1) is 11.6 Å². The Labute approximate surface area is 154 Å². The van der Waals surface area contributed by atoms with Gasteiger partial charge in [0, 0.05) is 5.56 Å². The lowest BCUT2D eigenvalue weighted by atomic mass is 10.1. The SMILES string of the molecule is CCc1ccc(/C=c2\sc3nc(-c4ccc(OC)cc4)nn3c2=O)cc1. The van der Waals surface area contributed by atoms with Gasteiger partial charge in [-0.25, -0.2) is 0 Å². The van der Waals surface area contributed by atoms with E-state index in [0.29, 0.717) is 15.3 Å². The summed E-state index contributed by atoms with van der Waals surface area (Å²) in [6.07, 6.45) is 2.88. The van der Waals surface area contributed by atoms with E-state index >= 15 is 0 Å². The molecular weight excluding hydrogens is 346 g/mol. The average molecular weight is 363 g/mol. The smallest absolute Gasteiger partial charge is 0.291 e. The Morgan fingerprint density at radius 3 is 2.46 bits per heavy atom. The molecule has 4 rings (SSSR count). The quantitative estimate of drug-likeness (QED) is 0.559. The van der Waals surface area contributed by atoms with Crippen molar-refractivity contribution in [3.8, 4) is 17.1 Å². The van der Waals surface area contributed by atoms with Crippen LogP contribution in [0.1, 0.15) is 18.1 Å². The maximum Gasteiger partial charge on any atom is 0.291 e. The summed E-state index contributed by atoms with van der Waals surface area (Å²) in [6.45, 7) is 2.12. The highest BCUT2D eigenvalue weighted by Crippen LogP contribution is 2.20. The van der Waals surface area contributed by atoms with Crippen LogP contribution < -0.4 is 14.8 Å². The summed E-state index contributed by atoms with van der Waals surface area (Å²) in [5.74, 6) is 1.31. The van der Waals surface area contributed by atoms with Gasteiger partial charge in [-0.15, -0.1) is 5.10 Å². The van der Waals surface area contributed by atoms with Crippen molar-refractivity contribution in [3.63, 3.8) is 0 Å². The topological polar surface area (TPSA) is 56.5 Å². The van der Waals surface area contributed by atoms with Gasteiger partial charge in [0.15, 0.2) is 5.82 Å². The first-order chi connectivity index (χ1) is 12.7. The summed E-state index contributed by atoms with van der Waals surface area (Å²) in [5.41, 5.74) is 2.98. The minimum atomic E-state index is -0.142. The maximum absolute atomic E-state index is 12.6. The van der Waals surface area contributed by atoms with E-state index in [1.165, 1.54) is 21.4 Å². The zero-order valence-electron chi connectivity index (χ0n) is 14.5. The van der Waals surface area contributed by atoms with Crippen molar-refractivity contribution in [1.82, 2.24) is 14.6 Å². The van der Waals surface area contributed by atoms with Crippen LogP contribution in [-0.4, -0.2) is 21.7 Å². The molecule has 5 nitrogen and oxygen atoms in total. The van der Waals surface area contributed by atoms with Crippen LogP contribution >= 0.6 is 11.3 Å². The molecule has 130 valence electrons. The number of hydrogen-bond acceptors (Lipinski definition) is 5. The van der Waals surface area contributed by atoms with E-state index in [-0.39, 0.29) is 5.56 Å². The number of hydrogen-bond donors (Lipinski definition) is 0. The van der Waals surface area contributed by atoms with Crippen LogP contribution in [0.3, 0.4) is 0 Å². The third-order valence-corrected chi connectivity index (χ3v) is 5.17. The molecule has 2 heterocycles. The van der Waals surface area contributed by atoms with Crippen molar-refractivity contribution >= 4 is 22.4 Å². The number of aryl methyl sites for hydroxylation is 1. The van der Waals surface area contributed by atoms with Gasteiger partial charge in [0.2, 0.25) is 4.96 Å². The predicted octanol–water partition coefficient (Wildman–Crippen LogP) is 2.94. The average Bonchev–Trinajstić information content (AvgIpc) is 3.22. The number of aromatic nitrogens is 3. The van der Waals surface area contributed by atoms with Gasteiger partial charge < -0.3 is 4.74 Å². The molecule has 0 saturated heterocycles. The largest absolute Gasteiger partial charge is 0.497 e. The molecule has 0 N–H and O–H groups in total. The second kappa shape index (κ2) is 6.72. The number of methoxy groups -OCH3 is 1. The predicted molar refractivity (Wildman–Crippen MR) is 104 cm³/mol. The zero-order chi connectivity index (χ0) is 18.1. The third-order valence-electron chi connectivity index (χ3n) is 4.22. The third kappa shape index (κ3) is 2.99. The van der Waals surface area contributed by atoms with Crippen molar-refractivity contribution in [3.05, 3.63) is 74.5 Å². The van der Waals surface area contributed by atoms with Crippen LogP contribution in [0.15, 0.2) is 53.3 Å². The van der Waals surface area contributed by atoms with Gasteiger partial charge in [-0.3, -0.25) is 4.79 Å². The van der Waals surface area contributed by atoms with E-state index in [9.17, 15) is 4.79 Å². The molecule has 0 atom stereocenters. The highest BCUT2D eigenvalue weighted by molar-refractivity contribution is 7.15. The van der Waals surface area contributed by atoms with Crippen molar-refractivity contribution < 1.29 is 4.74 Å². The molecule has 0 radical (unpaired) electrons. The van der Waals surface area contributed by atoms with E-state index in [0.717, 1.165) is 23.3 Å². The van der Waals surface area contributed by atoms with Crippen molar-refractivity contribution in [2.45, 2.75) is 13.3 Å². The van der Waals surface area contributed by atoms with Crippen LogP contribution in [0.2, 0.25) is 0 Å². The Morgan fingerprint density at radius 2 is 1.85 bits per heavy atom. The Hall–Kier alpha value is -2.99. The number of fused-ring (bicyclic) bond motifs is 1. The van der Waals surface area contributed by atoms with Gasteiger partial charge in [0.1, 0.15) is 5.75 Å². The summed E-state index contributed by atoms with van der Waals surface area (Å²) < 4.78 is 7.16. The van der Waals surface area contributed by atoms with Crippen molar-refractivity contribution in [1.29, 1.82) is 0 Å². The first-order valence-electron chi connectivity index (χ1n) is 8.32. The van der Waals surface area contributed by atoms with Gasteiger partial charge in [-0.05, 0) is 47.9 Å². The molecule has 26 heavy (non-hydrogen) atoms. The Kier molecular flexibility index (Phi) is 4.26. The number of rotatable bonds is 4. The molecule has 4 aromatic rings. The van der Waals surface area contributed by atoms with Crippen LogP contribution in [0.4, 0.5) is 0 Å². The van der Waals surface area contributed by atoms with E-state index in [1.807, 2.05) is 42.5 Å². The molecule has 6 heteroatoms. The second-order valence-electron chi connectivity index (χ2n) is 5.87. The molecule has 0 aliphatic rings. The van der Waals surface area contributed by atoms with Crippen LogP contribution in [0, 0.1) is 0 Å². The Morgan fingerprint density at radius 1 is 1.12 bits per heavy atom. The van der Waals surface area contributed by atoms with Gasteiger partial charge in [-0.1, -0.05) is 42.5 Å². The van der Waals surface area contributed by atoms with Gasteiger partial charge in [0.25, 0.3) is 5.56 Å². The highest BCUT2D eigenvalue weighted by atomic mass is 32.1. The second-order valence-corrected chi connectivity index (χ2v) is 6.88. The summed E-state index contributed by atoms with van der Waals surface area (Å²) in [6, 6.07) is 15.7. The normalized spacial score (nSPS) is 12.0. The standard InChI is InChI=1S/C20H17N3O2S/c1-3-13-4-6-14(7-5-13)12-17-19(24)23-20(26-17)21-18(22-23)15-8-10-16(25-2)11-9-15/h4-12H,3H2,1-2H3/b17-12-. The lowest BCUT2D eigenvalue weighted by Gasteiger charge is -1.99. The van der Waals surface area contributed by atoms with E-state index < -0.39 is 0 Å². The first-order valence-corrected chi connectivity index (χ1v) is 9.14. The molecule has 2 aromatic carbocycles. The molecule has 0 aliphatic heterocycles. The Bertz CT molecular complexity index is 1160. The highest BCUT2D eigenvalue weighted by Gasteiger charge is 2.12. The van der Waals surface area contributed by atoms with Crippen molar-refractivity contribution in [2.24, 2.45) is 0 Å². The number of thiazole rings is 1. The van der Waals surface area contributed by atoms with Crippen molar-refractivity contribution in [2.75, 3.05) is 7.11 Å². The molecule has 0 spiro atoms. The molecule has 0 bridgehead atoms. The minimum Gasteiger partial charge on any atom is -0.497 e. The fraction of sp³-hybridized carbons (Fsp3) is 0.150. The fourth-order valence-electron chi connectivity index (χ4n) is 2.70. The molecule has 0 aliphatic carbocycles. The number of benzene rings is 2. The summed E-state index contributed by atoms with van der Waals surface area (Å²) in [4.78, 5) is 17.7. The number of ether oxygens (including phenoxy) is 1. The Balaban J connectivity index is 1.72. The summed E-state index contributed by atoms with van der Waals surface area (Å²) >= 11 is 1.35. The van der Waals surface area contributed by atoms with Gasteiger partial charge >= 0.3 is 0 Å². The van der Waals surface area contributed by atoms with Crippen LogP contribution in [0.25, 0.3) is 22.4 Å². The minimum absolute atomic E-state index is 0.142. The number of nitrogens with zero attached hydrogens (tertiary/aromatic N) is 3. The molecule has 0 amide bonds. The van der Waals surface area contributed by atoms with E-state index in [1.54, 1.807) is 7.11 Å². The lowest BCUT2D eigenvalue weighted by molar-refractivity contribution is 0.415. The molecular formula is C20H17N3O2S. The van der Waals surface area contributed by atoms with E-state index in [4.69, 9.17) is 4.74 Å². The summed E-state index contributed by atoms with van der Waals surface area (Å²) in [5, 5.41) is 4.37. The molecule has 0 fully saturated rings. The lowest BCUT2D eigenvalue weighted by Crippen LogP contribution is -2.23. The maximum atomic E-state index is 12.6. The molecule has 0 saturated carbocycles. The first kappa shape index (κ1) is 16.5. The molecule has 2 aromatic heterocycles. The fourth-order valence-corrected chi connectivity index (χ4v) is 3.60. The summed E-state index contributed by atoms with van der Waals surface area (Å²) in [7, 11) is 1.62. The monoisotopic (exact) mass is 363 g/mol. The molecule has 0 unspecified atom stereocenters. The van der Waals surface area contributed by atoms with Crippen LogP contribution in [-0.2, 0) is 6.42 Å². The van der Waals surface area contributed by atoms with Crippen LogP contribution in [0.5, 0.6) is 5.75 Å².